The lowest BCUT2D eigenvalue weighted by atomic mass is 9.95. The number of carbonyl (C=O) groups excluding carboxylic acids is 2. The van der Waals surface area contributed by atoms with Crippen LogP contribution in [-0.2, 0) is 9.59 Å². The van der Waals surface area contributed by atoms with E-state index in [4.69, 9.17) is 0 Å². The first-order valence-electron chi connectivity index (χ1n) is 10.9. The van der Waals surface area contributed by atoms with Gasteiger partial charge in [0.2, 0.25) is 0 Å². The Labute approximate surface area is 193 Å². The van der Waals surface area contributed by atoms with Crippen LogP contribution in [0, 0.1) is 13.8 Å². The summed E-state index contributed by atoms with van der Waals surface area (Å²) in [7, 11) is 3.83. The van der Waals surface area contributed by atoms with Gasteiger partial charge in [0.25, 0.3) is 11.7 Å². The van der Waals surface area contributed by atoms with Gasteiger partial charge >= 0.3 is 0 Å². The van der Waals surface area contributed by atoms with E-state index < -0.39 is 17.7 Å². The molecule has 2 heterocycles. The molecule has 2 aromatic carbocycles. The average molecular weight is 445 g/mol. The van der Waals surface area contributed by atoms with Gasteiger partial charge in [0, 0.05) is 13.1 Å². The molecule has 1 aliphatic rings. The Morgan fingerprint density at radius 1 is 1.03 bits per heavy atom. The lowest BCUT2D eigenvalue weighted by molar-refractivity contribution is -0.140. The molecule has 7 heteroatoms. The molecule has 1 amide bonds. The number of para-hydroxylation sites is 1. The maximum atomic E-state index is 13.2. The van der Waals surface area contributed by atoms with Crippen molar-refractivity contribution in [3.63, 3.8) is 0 Å². The van der Waals surface area contributed by atoms with Crippen molar-refractivity contribution >= 4 is 17.4 Å². The van der Waals surface area contributed by atoms with Crippen LogP contribution in [0.2, 0.25) is 0 Å². The molecule has 170 valence electrons. The van der Waals surface area contributed by atoms with Gasteiger partial charge in [0.05, 0.1) is 34.8 Å². The van der Waals surface area contributed by atoms with Crippen LogP contribution in [0.25, 0.3) is 11.4 Å². The number of carbonyl (C=O) groups is 2. The first-order valence-corrected chi connectivity index (χ1v) is 10.9. The summed E-state index contributed by atoms with van der Waals surface area (Å²) in [4.78, 5) is 29.7. The van der Waals surface area contributed by atoms with Crippen LogP contribution >= 0.6 is 0 Å². The van der Waals surface area contributed by atoms with Crippen molar-refractivity contribution in [1.82, 2.24) is 19.6 Å². The molecule has 1 fully saturated rings. The molecular weight excluding hydrogens is 416 g/mol. The molecule has 0 spiro atoms. The third-order valence-electron chi connectivity index (χ3n) is 5.99. The number of ketones is 1. The van der Waals surface area contributed by atoms with E-state index in [-0.39, 0.29) is 11.3 Å². The third kappa shape index (κ3) is 4.19. The number of hydrogen-bond acceptors (Lipinski definition) is 5. The highest BCUT2D eigenvalue weighted by Crippen LogP contribution is 2.39. The number of aliphatic hydroxyl groups excluding tert-OH is 1. The summed E-state index contributed by atoms with van der Waals surface area (Å²) >= 11 is 0. The molecule has 1 aromatic heterocycles. The largest absolute Gasteiger partial charge is 0.507 e. The molecule has 0 bridgehead atoms. The van der Waals surface area contributed by atoms with Crippen molar-refractivity contribution in [2.24, 2.45) is 0 Å². The highest BCUT2D eigenvalue weighted by atomic mass is 16.3. The third-order valence-corrected chi connectivity index (χ3v) is 5.99. The lowest BCUT2D eigenvalue weighted by Crippen LogP contribution is -2.35. The van der Waals surface area contributed by atoms with E-state index >= 15 is 0 Å². The van der Waals surface area contributed by atoms with Crippen LogP contribution in [0.1, 0.15) is 28.4 Å². The van der Waals surface area contributed by atoms with E-state index in [2.05, 4.69) is 5.10 Å². The number of nitrogens with zero attached hydrogens (tertiary/aromatic N) is 4. The minimum Gasteiger partial charge on any atom is -0.507 e. The standard InChI is InChI=1S/C26H28N4O3/c1-17-10-12-19(13-11-17)23-22(25(32)26(33)29(23)15-14-28(3)4)24(31)21-16-27-30(18(21)2)20-8-6-5-7-9-20/h5-13,16,23,31H,14-15H2,1-4H3/t23-/m1/s1. The summed E-state index contributed by atoms with van der Waals surface area (Å²) in [6.07, 6.45) is 1.54. The van der Waals surface area contributed by atoms with Gasteiger partial charge < -0.3 is 14.9 Å². The van der Waals surface area contributed by atoms with E-state index in [1.807, 2.05) is 87.4 Å². The van der Waals surface area contributed by atoms with Crippen LogP contribution in [-0.4, -0.2) is 63.6 Å². The number of likely N-dealkylation sites (N-methyl/N-ethyl adjacent to an activating group) is 1. The molecule has 1 atom stereocenters. The number of benzene rings is 2. The van der Waals surface area contributed by atoms with Crippen molar-refractivity contribution < 1.29 is 14.7 Å². The Morgan fingerprint density at radius 3 is 2.33 bits per heavy atom. The second kappa shape index (κ2) is 9.03. The quantitative estimate of drug-likeness (QED) is 0.358. The first-order chi connectivity index (χ1) is 15.8. The topological polar surface area (TPSA) is 78.7 Å². The number of Topliss-reactive ketones (excluding diaryl/α,β-unsaturated/α-hetero) is 1. The Kier molecular flexibility index (Phi) is 6.16. The zero-order chi connectivity index (χ0) is 23.7. The maximum Gasteiger partial charge on any atom is 0.295 e. The number of amides is 1. The molecule has 0 unspecified atom stereocenters. The minimum absolute atomic E-state index is 0.0957. The lowest BCUT2D eigenvalue weighted by Gasteiger charge is -2.26. The van der Waals surface area contributed by atoms with Gasteiger partial charge in [0.15, 0.2) is 0 Å². The maximum absolute atomic E-state index is 13.2. The van der Waals surface area contributed by atoms with Crippen molar-refractivity contribution in [2.45, 2.75) is 19.9 Å². The molecule has 1 aliphatic heterocycles. The highest BCUT2D eigenvalue weighted by molar-refractivity contribution is 6.46. The van der Waals surface area contributed by atoms with E-state index in [1.54, 1.807) is 9.58 Å². The van der Waals surface area contributed by atoms with Crippen LogP contribution < -0.4 is 0 Å². The number of aromatic nitrogens is 2. The second-order valence-corrected chi connectivity index (χ2v) is 8.60. The Balaban J connectivity index is 1.84. The molecular formula is C26H28N4O3. The van der Waals surface area contributed by atoms with Gasteiger partial charge in [-0.25, -0.2) is 4.68 Å². The van der Waals surface area contributed by atoms with E-state index in [1.165, 1.54) is 6.20 Å². The summed E-state index contributed by atoms with van der Waals surface area (Å²) < 4.78 is 1.71. The number of rotatable bonds is 6. The van der Waals surface area contributed by atoms with Crippen LogP contribution in [0.3, 0.4) is 0 Å². The van der Waals surface area contributed by atoms with Gasteiger partial charge in [-0.1, -0.05) is 48.0 Å². The van der Waals surface area contributed by atoms with Gasteiger partial charge in [-0.05, 0) is 45.6 Å². The zero-order valence-corrected chi connectivity index (χ0v) is 19.3. The average Bonchev–Trinajstić information content (AvgIpc) is 3.30. The Bertz CT molecular complexity index is 1210. The summed E-state index contributed by atoms with van der Waals surface area (Å²) in [5, 5.41) is 15.8. The highest BCUT2D eigenvalue weighted by Gasteiger charge is 2.46. The molecule has 7 nitrogen and oxygen atoms in total. The number of hydrogen-bond donors (Lipinski definition) is 1. The van der Waals surface area contributed by atoms with Gasteiger partial charge in [-0.2, -0.15) is 5.10 Å². The fraction of sp³-hybridized carbons (Fsp3) is 0.269. The number of likely N-dealkylation sites (tertiary alicyclic amines) is 1. The molecule has 0 saturated carbocycles. The predicted molar refractivity (Wildman–Crippen MR) is 127 cm³/mol. The second-order valence-electron chi connectivity index (χ2n) is 8.60. The van der Waals surface area contributed by atoms with E-state index in [0.29, 0.717) is 24.3 Å². The summed E-state index contributed by atoms with van der Waals surface area (Å²) in [5.74, 6) is -1.48. The van der Waals surface area contributed by atoms with Crippen LogP contribution in [0.15, 0.2) is 66.4 Å². The van der Waals surface area contributed by atoms with Crippen LogP contribution in [0.5, 0.6) is 0 Å². The Hall–Kier alpha value is -3.71. The molecule has 3 aromatic rings. The molecule has 0 radical (unpaired) electrons. The normalized spacial score (nSPS) is 17.8. The molecule has 4 rings (SSSR count). The number of aliphatic hydroxyl groups is 1. The number of aryl methyl sites for hydroxylation is 1. The molecule has 0 aliphatic carbocycles. The van der Waals surface area contributed by atoms with E-state index in [9.17, 15) is 14.7 Å². The van der Waals surface area contributed by atoms with Crippen molar-refractivity contribution in [3.05, 3.63) is 88.8 Å². The van der Waals surface area contributed by atoms with Crippen LogP contribution in [0.4, 0.5) is 0 Å². The smallest absolute Gasteiger partial charge is 0.295 e. The van der Waals surface area contributed by atoms with Crippen molar-refractivity contribution in [2.75, 3.05) is 27.2 Å². The summed E-state index contributed by atoms with van der Waals surface area (Å²) in [6.45, 7) is 4.78. The zero-order valence-electron chi connectivity index (χ0n) is 19.3. The fourth-order valence-corrected chi connectivity index (χ4v) is 4.13. The first kappa shape index (κ1) is 22.5. The van der Waals surface area contributed by atoms with Gasteiger partial charge in [0.1, 0.15) is 5.76 Å². The SMILES string of the molecule is Cc1ccc([C@@H]2C(=C(O)c3cnn(-c4ccccc4)c3C)C(=O)C(=O)N2CCN(C)C)cc1. The molecule has 1 saturated heterocycles. The van der Waals surface area contributed by atoms with Crippen molar-refractivity contribution in [1.29, 1.82) is 0 Å². The van der Waals surface area contributed by atoms with Gasteiger partial charge in [-0.3, -0.25) is 9.59 Å². The Morgan fingerprint density at radius 2 is 1.70 bits per heavy atom. The fourth-order valence-electron chi connectivity index (χ4n) is 4.13. The van der Waals surface area contributed by atoms with Gasteiger partial charge in [-0.15, -0.1) is 0 Å². The summed E-state index contributed by atoms with van der Waals surface area (Å²) in [5.41, 5.74) is 3.91. The van der Waals surface area contributed by atoms with Crippen molar-refractivity contribution in [3.8, 4) is 5.69 Å². The molecule has 1 N–H and O–H groups in total. The minimum atomic E-state index is -0.677. The predicted octanol–water partition coefficient (Wildman–Crippen LogP) is 3.47. The monoisotopic (exact) mass is 444 g/mol. The van der Waals surface area contributed by atoms with E-state index in [0.717, 1.165) is 16.8 Å². The molecule has 33 heavy (non-hydrogen) atoms. The summed E-state index contributed by atoms with van der Waals surface area (Å²) in [6, 6.07) is 16.6.